The van der Waals surface area contributed by atoms with Crippen LogP contribution >= 0.6 is 11.6 Å². The first-order valence-corrected chi connectivity index (χ1v) is 7.53. The summed E-state index contributed by atoms with van der Waals surface area (Å²) in [5, 5.41) is 8.80. The van der Waals surface area contributed by atoms with Crippen LogP contribution in [0.5, 0.6) is 0 Å². The number of halogens is 2. The molecule has 0 unspecified atom stereocenters. The van der Waals surface area contributed by atoms with E-state index in [9.17, 15) is 9.18 Å². The number of nitrogens with one attached hydrogen (secondary N) is 1. The van der Waals surface area contributed by atoms with Crippen LogP contribution in [-0.2, 0) is 4.79 Å². The van der Waals surface area contributed by atoms with Crippen LogP contribution in [0.2, 0.25) is 5.02 Å². The van der Waals surface area contributed by atoms with Gasteiger partial charge in [0.15, 0.2) is 0 Å². The summed E-state index contributed by atoms with van der Waals surface area (Å²) in [6.07, 6.45) is 3.56. The zero-order chi connectivity index (χ0) is 14.8. The Balaban J connectivity index is 1.77. The van der Waals surface area contributed by atoms with Gasteiger partial charge in [-0.2, -0.15) is 5.10 Å². The Kier molecular flexibility index (Phi) is 4.10. The van der Waals surface area contributed by atoms with Crippen LogP contribution in [0.3, 0.4) is 0 Å². The van der Waals surface area contributed by atoms with Gasteiger partial charge >= 0.3 is 0 Å². The molecule has 112 valence electrons. The lowest BCUT2D eigenvalue weighted by molar-refractivity contribution is -0.132. The average molecular weight is 310 g/mol. The van der Waals surface area contributed by atoms with Gasteiger partial charge in [0, 0.05) is 23.5 Å². The number of likely N-dealkylation sites (tertiary alicyclic amines) is 1. The Labute approximate surface area is 127 Å². The van der Waals surface area contributed by atoms with Gasteiger partial charge in [0.1, 0.15) is 0 Å². The highest BCUT2D eigenvalue weighted by atomic mass is 35.5. The van der Waals surface area contributed by atoms with Gasteiger partial charge in [-0.1, -0.05) is 11.6 Å². The zero-order valence-electron chi connectivity index (χ0n) is 11.6. The first-order valence-electron chi connectivity index (χ1n) is 7.15. The molecular formula is C15H17ClFN3O. The minimum absolute atomic E-state index is 0.00614. The van der Waals surface area contributed by atoms with Gasteiger partial charge in [-0.25, -0.2) is 0 Å². The van der Waals surface area contributed by atoms with Crippen molar-refractivity contribution >= 4 is 28.4 Å². The zero-order valence-corrected chi connectivity index (χ0v) is 12.4. The van der Waals surface area contributed by atoms with E-state index >= 15 is 0 Å². The Morgan fingerprint density at radius 3 is 2.90 bits per heavy atom. The van der Waals surface area contributed by atoms with Crippen molar-refractivity contribution in [1.29, 1.82) is 0 Å². The van der Waals surface area contributed by atoms with Crippen LogP contribution in [0.15, 0.2) is 18.3 Å². The molecule has 0 saturated carbocycles. The molecule has 4 nitrogen and oxygen atoms in total. The fourth-order valence-corrected chi connectivity index (χ4v) is 3.29. The molecule has 1 N–H and O–H groups in total. The third kappa shape index (κ3) is 2.88. The molecule has 0 spiro atoms. The Hall–Kier alpha value is -1.62. The Morgan fingerprint density at radius 1 is 1.43 bits per heavy atom. The fraction of sp³-hybridized carbons (Fsp3) is 0.467. The Morgan fingerprint density at radius 2 is 2.19 bits per heavy atom. The molecular weight excluding hydrogens is 293 g/mol. The van der Waals surface area contributed by atoms with Crippen molar-refractivity contribution in [1.82, 2.24) is 15.1 Å². The first kappa shape index (κ1) is 14.3. The second-order valence-corrected chi connectivity index (χ2v) is 5.86. The van der Waals surface area contributed by atoms with Crippen LogP contribution in [0, 0.1) is 0 Å². The van der Waals surface area contributed by atoms with Crippen LogP contribution < -0.4 is 0 Å². The van der Waals surface area contributed by atoms with Crippen LogP contribution in [0.1, 0.15) is 30.7 Å². The summed E-state index contributed by atoms with van der Waals surface area (Å²) in [5.41, 5.74) is 2.12. The van der Waals surface area contributed by atoms with Crippen molar-refractivity contribution in [3.63, 3.8) is 0 Å². The SMILES string of the molecule is O=C(CCF)N1CCC(c2cc(Cl)cc3[nH]ncc23)CC1. The number of aromatic nitrogens is 2. The predicted molar refractivity (Wildman–Crippen MR) is 80.3 cm³/mol. The van der Waals surface area contributed by atoms with Gasteiger partial charge in [-0.3, -0.25) is 14.3 Å². The average Bonchev–Trinajstić information content (AvgIpc) is 2.95. The summed E-state index contributed by atoms with van der Waals surface area (Å²) in [7, 11) is 0. The van der Waals surface area contributed by atoms with Crippen molar-refractivity contribution in [3.05, 3.63) is 28.9 Å². The maximum Gasteiger partial charge on any atom is 0.225 e. The molecule has 2 heterocycles. The van der Waals surface area contributed by atoms with E-state index in [1.54, 1.807) is 4.90 Å². The van der Waals surface area contributed by atoms with Crippen LogP contribution in [-0.4, -0.2) is 40.8 Å². The second kappa shape index (κ2) is 6.02. The normalized spacial score (nSPS) is 16.6. The number of hydrogen-bond donors (Lipinski definition) is 1. The van der Waals surface area contributed by atoms with Crippen molar-refractivity contribution < 1.29 is 9.18 Å². The molecule has 1 aromatic carbocycles. The van der Waals surface area contributed by atoms with E-state index in [0.717, 1.165) is 23.7 Å². The molecule has 1 aromatic heterocycles. The summed E-state index contributed by atoms with van der Waals surface area (Å²) < 4.78 is 12.3. The van der Waals surface area contributed by atoms with Gasteiger partial charge in [0.25, 0.3) is 0 Å². The first-order chi connectivity index (χ1) is 10.2. The highest BCUT2D eigenvalue weighted by Gasteiger charge is 2.25. The van der Waals surface area contributed by atoms with Gasteiger partial charge in [0.2, 0.25) is 5.91 Å². The highest BCUT2D eigenvalue weighted by Crippen LogP contribution is 2.34. The number of carbonyl (C=O) groups is 1. The summed E-state index contributed by atoms with van der Waals surface area (Å²) in [6.45, 7) is 0.771. The molecule has 0 bridgehead atoms. The molecule has 3 rings (SSSR count). The van der Waals surface area contributed by atoms with Gasteiger partial charge in [-0.05, 0) is 36.5 Å². The number of fused-ring (bicyclic) bond motifs is 1. The van der Waals surface area contributed by atoms with Gasteiger partial charge in [-0.15, -0.1) is 0 Å². The lowest BCUT2D eigenvalue weighted by Crippen LogP contribution is -2.38. The number of hydrogen-bond acceptors (Lipinski definition) is 2. The number of aromatic amines is 1. The molecule has 1 amide bonds. The number of H-pyrrole nitrogens is 1. The van der Waals surface area contributed by atoms with Crippen LogP contribution in [0.25, 0.3) is 10.9 Å². The van der Waals surface area contributed by atoms with E-state index in [0.29, 0.717) is 24.0 Å². The molecule has 1 saturated heterocycles. The van der Waals surface area contributed by atoms with Crippen molar-refractivity contribution in [2.75, 3.05) is 19.8 Å². The summed E-state index contributed by atoms with van der Waals surface area (Å²) >= 11 is 6.17. The lowest BCUT2D eigenvalue weighted by Gasteiger charge is -2.32. The number of piperidine rings is 1. The molecule has 1 aliphatic rings. The van der Waals surface area contributed by atoms with Crippen molar-refractivity contribution in [2.24, 2.45) is 0 Å². The molecule has 2 aromatic rings. The number of rotatable bonds is 3. The van der Waals surface area contributed by atoms with E-state index in [-0.39, 0.29) is 12.3 Å². The molecule has 6 heteroatoms. The molecule has 0 atom stereocenters. The quantitative estimate of drug-likeness (QED) is 0.946. The number of nitrogens with zero attached hydrogens (tertiary/aromatic N) is 2. The maximum absolute atomic E-state index is 12.3. The minimum Gasteiger partial charge on any atom is -0.343 e. The third-order valence-corrected chi connectivity index (χ3v) is 4.37. The van der Waals surface area contributed by atoms with Crippen molar-refractivity contribution in [2.45, 2.75) is 25.2 Å². The largest absolute Gasteiger partial charge is 0.343 e. The van der Waals surface area contributed by atoms with E-state index in [1.165, 1.54) is 5.56 Å². The smallest absolute Gasteiger partial charge is 0.225 e. The van der Waals surface area contributed by atoms with Crippen LogP contribution in [0.4, 0.5) is 4.39 Å². The van der Waals surface area contributed by atoms with E-state index in [4.69, 9.17) is 11.6 Å². The second-order valence-electron chi connectivity index (χ2n) is 5.42. The molecule has 0 aliphatic carbocycles. The lowest BCUT2D eigenvalue weighted by atomic mass is 9.87. The van der Waals surface area contributed by atoms with Gasteiger partial charge < -0.3 is 4.90 Å². The monoisotopic (exact) mass is 309 g/mol. The predicted octanol–water partition coefficient (Wildman–Crippen LogP) is 3.28. The van der Waals surface area contributed by atoms with E-state index in [1.807, 2.05) is 18.3 Å². The fourth-order valence-electron chi connectivity index (χ4n) is 3.06. The topological polar surface area (TPSA) is 49.0 Å². The molecule has 21 heavy (non-hydrogen) atoms. The highest BCUT2D eigenvalue weighted by molar-refractivity contribution is 6.31. The summed E-state index contributed by atoms with van der Waals surface area (Å²) in [6, 6.07) is 3.86. The number of alkyl halides is 1. The number of benzene rings is 1. The molecule has 1 fully saturated rings. The summed E-state index contributed by atoms with van der Waals surface area (Å²) in [5.74, 6) is 0.272. The minimum atomic E-state index is -0.581. The van der Waals surface area contributed by atoms with Gasteiger partial charge in [0.05, 0.1) is 24.8 Å². The van der Waals surface area contributed by atoms with E-state index in [2.05, 4.69) is 10.2 Å². The Bertz CT molecular complexity index is 649. The number of amides is 1. The standard InChI is InChI=1S/C15H17ClFN3O/c16-11-7-12(13-9-18-19-14(13)8-11)10-2-5-20(6-3-10)15(21)1-4-17/h7-10H,1-6H2,(H,18,19). The van der Waals surface area contributed by atoms with E-state index < -0.39 is 6.67 Å². The molecule has 0 radical (unpaired) electrons. The molecule has 1 aliphatic heterocycles. The maximum atomic E-state index is 12.3. The summed E-state index contributed by atoms with van der Waals surface area (Å²) in [4.78, 5) is 13.5. The third-order valence-electron chi connectivity index (χ3n) is 4.15. The van der Waals surface area contributed by atoms with Crippen molar-refractivity contribution in [3.8, 4) is 0 Å². The number of carbonyl (C=O) groups excluding carboxylic acids is 1.